The molecule has 0 spiro atoms. The second-order valence-corrected chi connectivity index (χ2v) is 3.80. The molecule has 0 aliphatic rings. The van der Waals surface area contributed by atoms with Gasteiger partial charge in [0, 0.05) is 18.8 Å². The monoisotopic (exact) mass is 258 g/mol. The van der Waals surface area contributed by atoms with Gasteiger partial charge < -0.3 is 15.8 Å². The van der Waals surface area contributed by atoms with Gasteiger partial charge in [0.15, 0.2) is 5.82 Å². The summed E-state index contributed by atoms with van der Waals surface area (Å²) in [6.45, 7) is 0. The zero-order valence-electron chi connectivity index (χ0n) is 10.7. The van der Waals surface area contributed by atoms with E-state index in [1.807, 2.05) is 24.3 Å². The zero-order valence-corrected chi connectivity index (χ0v) is 10.7. The molecule has 0 atom stereocenters. The fraction of sp³-hybridized carbons (Fsp3) is 0.154. The van der Waals surface area contributed by atoms with Crippen LogP contribution in [-0.2, 0) is 0 Å². The van der Waals surface area contributed by atoms with Crippen LogP contribution in [0.3, 0.4) is 0 Å². The molecule has 6 nitrogen and oxygen atoms in total. The van der Waals surface area contributed by atoms with Crippen LogP contribution < -0.4 is 15.8 Å². The number of nitrogen functional groups attached to an aromatic ring is 1. The minimum Gasteiger partial charge on any atom is -0.497 e. The Balaban J connectivity index is 2.35. The maximum Gasteiger partial charge on any atom is 0.256 e. The van der Waals surface area contributed by atoms with E-state index in [4.69, 9.17) is 10.5 Å². The van der Waals surface area contributed by atoms with E-state index in [2.05, 4.69) is 15.3 Å². The molecule has 0 radical (unpaired) electrons. The van der Waals surface area contributed by atoms with Crippen LogP contribution in [0.1, 0.15) is 10.4 Å². The van der Waals surface area contributed by atoms with E-state index in [0.717, 1.165) is 11.3 Å². The first-order chi connectivity index (χ1) is 9.15. The molecule has 0 bridgehead atoms. The highest BCUT2D eigenvalue weighted by molar-refractivity contribution is 5.98. The van der Waals surface area contributed by atoms with Gasteiger partial charge in [0.2, 0.25) is 0 Å². The Labute approximate surface area is 110 Å². The summed E-state index contributed by atoms with van der Waals surface area (Å²) < 4.78 is 5.08. The van der Waals surface area contributed by atoms with Gasteiger partial charge in [0.25, 0.3) is 5.91 Å². The lowest BCUT2D eigenvalue weighted by atomic mass is 10.2. The number of amides is 1. The average Bonchev–Trinajstić information content (AvgIpc) is 2.46. The van der Waals surface area contributed by atoms with E-state index < -0.39 is 0 Å². The standard InChI is InChI=1S/C13H14N4O2/c1-15-13(18)10-7-16-12(17-11(10)14)8-3-5-9(19-2)6-4-8/h3-7H,1-2H3,(H,15,18)(H2,14,16,17). The molecule has 3 N–H and O–H groups in total. The number of rotatable bonds is 3. The fourth-order valence-corrected chi connectivity index (χ4v) is 1.58. The van der Waals surface area contributed by atoms with Gasteiger partial charge in [-0.05, 0) is 24.3 Å². The Morgan fingerprint density at radius 2 is 2.00 bits per heavy atom. The average molecular weight is 258 g/mol. The Bertz CT molecular complexity index is 596. The van der Waals surface area contributed by atoms with Crippen LogP contribution in [0.25, 0.3) is 11.4 Å². The van der Waals surface area contributed by atoms with Crippen LogP contribution in [-0.4, -0.2) is 30.0 Å². The predicted octanol–water partition coefficient (Wildman–Crippen LogP) is 1.09. The number of hydrogen-bond acceptors (Lipinski definition) is 5. The van der Waals surface area contributed by atoms with E-state index in [9.17, 15) is 4.79 Å². The number of carbonyl (C=O) groups is 1. The summed E-state index contributed by atoms with van der Waals surface area (Å²) in [7, 11) is 3.13. The molecule has 0 aliphatic carbocycles. The summed E-state index contributed by atoms with van der Waals surface area (Å²) in [5, 5.41) is 2.48. The van der Waals surface area contributed by atoms with Crippen molar-refractivity contribution in [3.8, 4) is 17.1 Å². The smallest absolute Gasteiger partial charge is 0.256 e. The van der Waals surface area contributed by atoms with E-state index >= 15 is 0 Å². The molecular formula is C13H14N4O2. The van der Waals surface area contributed by atoms with Crippen molar-refractivity contribution >= 4 is 11.7 Å². The zero-order chi connectivity index (χ0) is 13.8. The number of hydrogen-bond donors (Lipinski definition) is 2. The summed E-state index contributed by atoms with van der Waals surface area (Å²) in [5.74, 6) is 1.06. The Hall–Kier alpha value is -2.63. The number of nitrogens with one attached hydrogen (secondary N) is 1. The largest absolute Gasteiger partial charge is 0.497 e. The number of aromatic nitrogens is 2. The summed E-state index contributed by atoms with van der Waals surface area (Å²) in [6, 6.07) is 7.27. The van der Waals surface area contributed by atoms with Crippen molar-refractivity contribution in [2.45, 2.75) is 0 Å². The number of ether oxygens (including phenoxy) is 1. The van der Waals surface area contributed by atoms with Crippen LogP contribution in [0.4, 0.5) is 5.82 Å². The molecule has 0 fully saturated rings. The van der Waals surface area contributed by atoms with Gasteiger partial charge in [-0.2, -0.15) is 0 Å². The minimum atomic E-state index is -0.307. The van der Waals surface area contributed by atoms with Gasteiger partial charge in [-0.25, -0.2) is 9.97 Å². The summed E-state index contributed by atoms with van der Waals surface area (Å²) in [4.78, 5) is 19.8. The second-order valence-electron chi connectivity index (χ2n) is 3.80. The van der Waals surface area contributed by atoms with Crippen molar-refractivity contribution in [2.75, 3.05) is 19.9 Å². The quantitative estimate of drug-likeness (QED) is 0.860. The first-order valence-corrected chi connectivity index (χ1v) is 5.64. The molecule has 2 rings (SSSR count). The molecule has 1 aromatic heterocycles. The van der Waals surface area contributed by atoms with Crippen molar-refractivity contribution in [3.63, 3.8) is 0 Å². The number of anilines is 1. The Kier molecular flexibility index (Phi) is 3.61. The fourth-order valence-electron chi connectivity index (χ4n) is 1.58. The van der Waals surface area contributed by atoms with Crippen molar-refractivity contribution in [3.05, 3.63) is 36.0 Å². The van der Waals surface area contributed by atoms with Crippen molar-refractivity contribution in [1.29, 1.82) is 0 Å². The number of methoxy groups -OCH3 is 1. The third-order valence-corrected chi connectivity index (χ3v) is 2.64. The molecule has 19 heavy (non-hydrogen) atoms. The molecule has 0 unspecified atom stereocenters. The highest BCUT2D eigenvalue weighted by Gasteiger charge is 2.11. The molecule has 0 saturated heterocycles. The highest BCUT2D eigenvalue weighted by Crippen LogP contribution is 2.20. The van der Waals surface area contributed by atoms with Crippen LogP contribution >= 0.6 is 0 Å². The highest BCUT2D eigenvalue weighted by atomic mass is 16.5. The predicted molar refractivity (Wildman–Crippen MR) is 71.8 cm³/mol. The third kappa shape index (κ3) is 2.62. The lowest BCUT2D eigenvalue weighted by Gasteiger charge is -2.06. The van der Waals surface area contributed by atoms with Crippen LogP contribution in [0.15, 0.2) is 30.5 Å². The third-order valence-electron chi connectivity index (χ3n) is 2.64. The number of benzene rings is 1. The first-order valence-electron chi connectivity index (χ1n) is 5.64. The van der Waals surface area contributed by atoms with Crippen molar-refractivity contribution < 1.29 is 9.53 Å². The summed E-state index contributed by atoms with van der Waals surface area (Å²) in [6.07, 6.45) is 1.42. The van der Waals surface area contributed by atoms with Crippen molar-refractivity contribution in [2.24, 2.45) is 0 Å². The maximum atomic E-state index is 11.5. The second kappa shape index (κ2) is 5.34. The molecule has 0 aliphatic heterocycles. The molecule has 0 saturated carbocycles. The Morgan fingerprint density at radius 1 is 1.32 bits per heavy atom. The molecule has 1 amide bonds. The molecule has 1 aromatic carbocycles. The topological polar surface area (TPSA) is 90.1 Å². The van der Waals surface area contributed by atoms with E-state index in [1.54, 1.807) is 7.11 Å². The minimum absolute atomic E-state index is 0.153. The van der Waals surface area contributed by atoms with Crippen LogP contribution in [0, 0.1) is 0 Å². The van der Waals surface area contributed by atoms with Gasteiger partial charge >= 0.3 is 0 Å². The number of carbonyl (C=O) groups excluding carboxylic acids is 1. The molecular weight excluding hydrogens is 244 g/mol. The number of nitrogens with zero attached hydrogens (tertiary/aromatic N) is 2. The lowest BCUT2D eigenvalue weighted by Crippen LogP contribution is -2.20. The Morgan fingerprint density at radius 3 is 2.53 bits per heavy atom. The molecule has 6 heteroatoms. The number of nitrogens with two attached hydrogens (primary N) is 1. The van der Waals surface area contributed by atoms with Crippen molar-refractivity contribution in [1.82, 2.24) is 15.3 Å². The van der Waals surface area contributed by atoms with Gasteiger partial charge in [0.05, 0.1) is 12.7 Å². The molecule has 1 heterocycles. The van der Waals surface area contributed by atoms with E-state index in [0.29, 0.717) is 5.82 Å². The van der Waals surface area contributed by atoms with Gasteiger partial charge in [-0.1, -0.05) is 0 Å². The SMILES string of the molecule is CNC(=O)c1cnc(-c2ccc(OC)cc2)nc1N. The van der Waals surface area contributed by atoms with Gasteiger partial charge in [0.1, 0.15) is 11.6 Å². The molecule has 2 aromatic rings. The van der Waals surface area contributed by atoms with E-state index in [-0.39, 0.29) is 17.3 Å². The summed E-state index contributed by atoms with van der Waals surface area (Å²) in [5.41, 5.74) is 6.82. The van der Waals surface area contributed by atoms with Crippen LogP contribution in [0.5, 0.6) is 5.75 Å². The summed E-state index contributed by atoms with van der Waals surface area (Å²) >= 11 is 0. The normalized spacial score (nSPS) is 10.0. The maximum absolute atomic E-state index is 11.5. The lowest BCUT2D eigenvalue weighted by molar-refractivity contribution is 0.0963. The van der Waals surface area contributed by atoms with E-state index in [1.165, 1.54) is 13.2 Å². The van der Waals surface area contributed by atoms with Gasteiger partial charge in [-0.15, -0.1) is 0 Å². The van der Waals surface area contributed by atoms with Crippen LogP contribution in [0.2, 0.25) is 0 Å². The van der Waals surface area contributed by atoms with Gasteiger partial charge in [-0.3, -0.25) is 4.79 Å². The molecule has 98 valence electrons. The first kappa shape index (κ1) is 12.8.